The van der Waals surface area contributed by atoms with Gasteiger partial charge in [0.2, 0.25) is 0 Å². The highest BCUT2D eigenvalue weighted by Crippen LogP contribution is 2.34. The van der Waals surface area contributed by atoms with Gasteiger partial charge >= 0.3 is 0 Å². The van der Waals surface area contributed by atoms with Gasteiger partial charge in [0.05, 0.1) is 24.9 Å². The molecular formula is C17H24O4. The lowest BCUT2D eigenvalue weighted by Gasteiger charge is -2.37. The molecule has 116 valence electrons. The number of rotatable bonds is 4. The Bertz CT molecular complexity index is 450. The summed E-state index contributed by atoms with van der Waals surface area (Å²) in [6, 6.07) is 7.78. The molecule has 0 saturated carbocycles. The maximum absolute atomic E-state index is 9.81. The van der Waals surface area contributed by atoms with Crippen LogP contribution in [-0.4, -0.2) is 36.6 Å². The Hall–Kier alpha value is -1.10. The van der Waals surface area contributed by atoms with Crippen molar-refractivity contribution in [2.75, 3.05) is 19.8 Å². The average Bonchev–Trinajstić information content (AvgIpc) is 2.95. The summed E-state index contributed by atoms with van der Waals surface area (Å²) < 4.78 is 17.5. The second-order valence-electron chi connectivity index (χ2n) is 6.06. The molecule has 1 aromatic rings. The first-order valence-electron chi connectivity index (χ1n) is 7.87. The normalized spacial score (nSPS) is 30.5. The lowest BCUT2D eigenvalue weighted by molar-refractivity contribution is -0.112. The Morgan fingerprint density at radius 2 is 2.14 bits per heavy atom. The van der Waals surface area contributed by atoms with Crippen LogP contribution in [0.15, 0.2) is 24.3 Å². The highest BCUT2D eigenvalue weighted by molar-refractivity contribution is 5.28. The summed E-state index contributed by atoms with van der Waals surface area (Å²) in [4.78, 5) is 0. The molecule has 3 atom stereocenters. The second-order valence-corrected chi connectivity index (χ2v) is 6.06. The van der Waals surface area contributed by atoms with E-state index in [2.05, 4.69) is 0 Å². The van der Waals surface area contributed by atoms with Crippen LogP contribution in [0.1, 0.15) is 44.3 Å². The maximum Gasteiger partial charge on any atom is 0.119 e. The fraction of sp³-hybridized carbons (Fsp3) is 0.647. The zero-order valence-corrected chi connectivity index (χ0v) is 12.6. The lowest BCUT2D eigenvalue weighted by Crippen LogP contribution is -2.44. The molecule has 1 spiro atoms. The molecule has 3 unspecified atom stereocenters. The summed E-state index contributed by atoms with van der Waals surface area (Å²) in [5, 5.41) is 9.81. The maximum atomic E-state index is 9.81. The molecule has 2 aliphatic rings. The molecule has 2 saturated heterocycles. The molecule has 4 nitrogen and oxygen atoms in total. The number of hydrogen-bond donors (Lipinski definition) is 1. The van der Waals surface area contributed by atoms with Gasteiger partial charge in [0.25, 0.3) is 0 Å². The Morgan fingerprint density at radius 1 is 1.33 bits per heavy atom. The monoisotopic (exact) mass is 292 g/mol. The van der Waals surface area contributed by atoms with Gasteiger partial charge in [-0.1, -0.05) is 19.1 Å². The quantitative estimate of drug-likeness (QED) is 0.927. The topological polar surface area (TPSA) is 47.9 Å². The van der Waals surface area contributed by atoms with E-state index < -0.39 is 0 Å². The first kappa shape index (κ1) is 14.8. The summed E-state index contributed by atoms with van der Waals surface area (Å²) in [6.07, 6.45) is 3.30. The van der Waals surface area contributed by atoms with E-state index in [1.807, 2.05) is 31.2 Å². The van der Waals surface area contributed by atoms with Gasteiger partial charge < -0.3 is 19.3 Å². The van der Waals surface area contributed by atoms with Gasteiger partial charge in [0.15, 0.2) is 0 Å². The second kappa shape index (κ2) is 6.34. The number of hydrogen-bond acceptors (Lipinski definition) is 4. The SMILES string of the molecule is CCC(O)c1ccc(OC2CCOC3(CCOC3)C2)cc1. The third-order valence-corrected chi connectivity index (χ3v) is 4.47. The van der Waals surface area contributed by atoms with Gasteiger partial charge in [-0.3, -0.25) is 0 Å². The van der Waals surface area contributed by atoms with Crippen molar-refractivity contribution in [3.8, 4) is 5.75 Å². The van der Waals surface area contributed by atoms with Gasteiger partial charge in [0, 0.05) is 25.9 Å². The third kappa shape index (κ3) is 3.39. The van der Waals surface area contributed by atoms with Crippen molar-refractivity contribution in [2.24, 2.45) is 0 Å². The molecule has 2 fully saturated rings. The molecule has 1 N–H and O–H groups in total. The molecular weight excluding hydrogens is 268 g/mol. The smallest absolute Gasteiger partial charge is 0.119 e. The van der Waals surface area contributed by atoms with Crippen LogP contribution in [0.2, 0.25) is 0 Å². The van der Waals surface area contributed by atoms with Gasteiger partial charge in [-0.2, -0.15) is 0 Å². The van der Waals surface area contributed by atoms with E-state index in [1.165, 1.54) is 0 Å². The van der Waals surface area contributed by atoms with Gasteiger partial charge in [-0.05, 0) is 24.1 Å². The number of aliphatic hydroxyl groups excluding tert-OH is 1. The summed E-state index contributed by atoms with van der Waals surface area (Å²) in [6.45, 7) is 4.19. The molecule has 0 bridgehead atoms. The van der Waals surface area contributed by atoms with E-state index in [0.717, 1.165) is 50.2 Å². The molecule has 21 heavy (non-hydrogen) atoms. The molecule has 0 aliphatic carbocycles. The molecule has 2 heterocycles. The van der Waals surface area contributed by atoms with E-state index in [4.69, 9.17) is 14.2 Å². The first-order chi connectivity index (χ1) is 10.2. The minimum atomic E-state index is -0.388. The lowest BCUT2D eigenvalue weighted by atomic mass is 9.91. The van der Waals surface area contributed by atoms with Crippen LogP contribution in [-0.2, 0) is 9.47 Å². The Balaban J connectivity index is 1.60. The van der Waals surface area contributed by atoms with E-state index in [9.17, 15) is 5.11 Å². The van der Waals surface area contributed by atoms with Crippen LogP contribution in [0, 0.1) is 0 Å². The van der Waals surface area contributed by atoms with Crippen molar-refractivity contribution in [3.05, 3.63) is 29.8 Å². The predicted octanol–water partition coefficient (Wildman–Crippen LogP) is 2.85. The molecule has 2 aliphatic heterocycles. The van der Waals surface area contributed by atoms with Crippen molar-refractivity contribution in [1.29, 1.82) is 0 Å². The van der Waals surface area contributed by atoms with Crippen LogP contribution < -0.4 is 4.74 Å². The largest absolute Gasteiger partial charge is 0.490 e. The molecule has 3 rings (SSSR count). The number of benzene rings is 1. The molecule has 1 aromatic carbocycles. The summed E-state index contributed by atoms with van der Waals surface area (Å²) in [7, 11) is 0. The number of ether oxygens (including phenoxy) is 3. The van der Waals surface area contributed by atoms with Crippen molar-refractivity contribution >= 4 is 0 Å². The first-order valence-corrected chi connectivity index (χ1v) is 7.87. The Labute approximate surface area is 126 Å². The highest BCUT2D eigenvalue weighted by atomic mass is 16.6. The molecule has 4 heteroatoms. The summed E-state index contributed by atoms with van der Waals surface area (Å²) >= 11 is 0. The van der Waals surface area contributed by atoms with E-state index in [0.29, 0.717) is 6.61 Å². The van der Waals surface area contributed by atoms with Gasteiger partial charge in [-0.15, -0.1) is 0 Å². The zero-order valence-electron chi connectivity index (χ0n) is 12.6. The minimum absolute atomic E-state index is 0.124. The fourth-order valence-electron chi connectivity index (χ4n) is 3.14. The summed E-state index contributed by atoms with van der Waals surface area (Å²) in [5.74, 6) is 0.864. The number of aliphatic hydroxyl groups is 1. The Kier molecular flexibility index (Phi) is 4.48. The van der Waals surface area contributed by atoms with Crippen LogP contribution in [0.25, 0.3) is 0 Å². The predicted molar refractivity (Wildman–Crippen MR) is 79.5 cm³/mol. The van der Waals surface area contributed by atoms with Crippen molar-refractivity contribution in [2.45, 2.75) is 50.4 Å². The van der Waals surface area contributed by atoms with Crippen molar-refractivity contribution < 1.29 is 19.3 Å². The van der Waals surface area contributed by atoms with Crippen molar-refractivity contribution in [1.82, 2.24) is 0 Å². The average molecular weight is 292 g/mol. The van der Waals surface area contributed by atoms with Crippen LogP contribution in [0.5, 0.6) is 5.75 Å². The van der Waals surface area contributed by atoms with E-state index in [-0.39, 0.29) is 17.8 Å². The van der Waals surface area contributed by atoms with Gasteiger partial charge in [0.1, 0.15) is 11.9 Å². The minimum Gasteiger partial charge on any atom is -0.490 e. The van der Waals surface area contributed by atoms with Crippen LogP contribution in [0.3, 0.4) is 0 Å². The standard InChI is InChI=1S/C17H24O4/c1-2-16(18)13-3-5-14(6-4-13)21-15-7-9-20-17(11-15)8-10-19-12-17/h3-6,15-16,18H,2,7-12H2,1H3. The van der Waals surface area contributed by atoms with E-state index in [1.54, 1.807) is 0 Å². The molecule has 0 amide bonds. The zero-order chi connectivity index (χ0) is 14.7. The molecule has 0 radical (unpaired) electrons. The molecule has 0 aromatic heterocycles. The van der Waals surface area contributed by atoms with Crippen molar-refractivity contribution in [3.63, 3.8) is 0 Å². The Morgan fingerprint density at radius 3 is 2.81 bits per heavy atom. The fourth-order valence-corrected chi connectivity index (χ4v) is 3.14. The van der Waals surface area contributed by atoms with E-state index >= 15 is 0 Å². The van der Waals surface area contributed by atoms with Crippen LogP contribution in [0.4, 0.5) is 0 Å². The highest BCUT2D eigenvalue weighted by Gasteiger charge is 2.41. The van der Waals surface area contributed by atoms with Gasteiger partial charge in [-0.25, -0.2) is 0 Å². The third-order valence-electron chi connectivity index (χ3n) is 4.47. The summed E-state index contributed by atoms with van der Waals surface area (Å²) in [5.41, 5.74) is 0.818. The van der Waals surface area contributed by atoms with Crippen LogP contribution >= 0.6 is 0 Å².